The minimum absolute atomic E-state index is 0.474. The summed E-state index contributed by atoms with van der Waals surface area (Å²) in [6, 6.07) is 11.4. The van der Waals surface area contributed by atoms with Gasteiger partial charge in [0.15, 0.2) is 0 Å². The lowest BCUT2D eigenvalue weighted by Gasteiger charge is -2.54. The van der Waals surface area contributed by atoms with Gasteiger partial charge in [0.1, 0.15) is 0 Å². The van der Waals surface area contributed by atoms with Crippen LogP contribution in [0.2, 0.25) is 0 Å². The van der Waals surface area contributed by atoms with Crippen molar-refractivity contribution in [2.45, 2.75) is 57.1 Å². The Morgan fingerprint density at radius 3 is 2.65 bits per heavy atom. The van der Waals surface area contributed by atoms with Crippen molar-refractivity contribution >= 4 is 0 Å². The number of aryl methyl sites for hydroxylation is 1. The molecule has 0 saturated heterocycles. The van der Waals surface area contributed by atoms with Crippen molar-refractivity contribution in [3.05, 3.63) is 35.9 Å². The average molecular weight is 273 g/mol. The fraction of sp³-hybridized carbons (Fsp3) is 0.667. The molecule has 3 rings (SSSR count). The maximum Gasteiger partial charge on any atom is 0.0661 e. The first kappa shape index (κ1) is 14.1. The Morgan fingerprint density at radius 2 is 1.95 bits per heavy atom. The van der Waals surface area contributed by atoms with Crippen LogP contribution in [0, 0.1) is 5.41 Å². The van der Waals surface area contributed by atoms with Gasteiger partial charge in [0.05, 0.1) is 6.10 Å². The van der Waals surface area contributed by atoms with Crippen molar-refractivity contribution in [1.82, 2.24) is 5.32 Å². The lowest BCUT2D eigenvalue weighted by atomic mass is 9.60. The quantitative estimate of drug-likeness (QED) is 0.800. The number of hydrogen-bond acceptors (Lipinski definition) is 2. The molecule has 2 nitrogen and oxygen atoms in total. The van der Waals surface area contributed by atoms with E-state index in [1.54, 1.807) is 0 Å². The van der Waals surface area contributed by atoms with E-state index in [1.807, 2.05) is 0 Å². The van der Waals surface area contributed by atoms with Gasteiger partial charge in [-0.1, -0.05) is 43.2 Å². The largest absolute Gasteiger partial charge is 0.378 e. The first-order valence-corrected chi connectivity index (χ1v) is 8.18. The van der Waals surface area contributed by atoms with E-state index in [0.717, 1.165) is 19.4 Å². The molecule has 0 radical (unpaired) electrons. The van der Waals surface area contributed by atoms with E-state index in [0.29, 0.717) is 17.6 Å². The number of hydrogen-bond donors (Lipinski definition) is 1. The van der Waals surface area contributed by atoms with Crippen LogP contribution < -0.4 is 5.32 Å². The summed E-state index contributed by atoms with van der Waals surface area (Å²) in [5.41, 5.74) is 1.90. The second-order valence-electron chi connectivity index (χ2n) is 6.47. The van der Waals surface area contributed by atoms with Crippen molar-refractivity contribution in [3.63, 3.8) is 0 Å². The summed E-state index contributed by atoms with van der Waals surface area (Å²) in [4.78, 5) is 0. The fourth-order valence-corrected chi connectivity index (χ4v) is 4.24. The highest BCUT2D eigenvalue weighted by Crippen LogP contribution is 2.54. The molecule has 0 aromatic heterocycles. The standard InChI is InChI=1S/C18H27NO/c1-19-16-14-17(18(16)11-5-6-12-18)20-13-7-10-15-8-3-2-4-9-15/h2-4,8-9,16-17,19H,5-7,10-14H2,1H3. The molecule has 2 saturated carbocycles. The van der Waals surface area contributed by atoms with E-state index in [9.17, 15) is 0 Å². The van der Waals surface area contributed by atoms with Crippen molar-refractivity contribution in [2.75, 3.05) is 13.7 Å². The summed E-state index contributed by atoms with van der Waals surface area (Å²) in [7, 11) is 2.11. The van der Waals surface area contributed by atoms with E-state index in [-0.39, 0.29) is 0 Å². The van der Waals surface area contributed by atoms with Crippen LogP contribution in [0.15, 0.2) is 30.3 Å². The van der Waals surface area contributed by atoms with Crippen LogP contribution in [0.25, 0.3) is 0 Å². The molecule has 2 unspecified atom stereocenters. The molecule has 2 fully saturated rings. The highest BCUT2D eigenvalue weighted by molar-refractivity contribution is 5.14. The first-order valence-electron chi connectivity index (χ1n) is 8.18. The van der Waals surface area contributed by atoms with E-state index in [1.165, 1.54) is 37.7 Å². The van der Waals surface area contributed by atoms with Crippen LogP contribution in [0.5, 0.6) is 0 Å². The zero-order chi connectivity index (χ0) is 13.8. The van der Waals surface area contributed by atoms with Gasteiger partial charge in [0.2, 0.25) is 0 Å². The molecule has 2 aliphatic rings. The third kappa shape index (κ3) is 2.64. The van der Waals surface area contributed by atoms with Crippen LogP contribution in [0.1, 0.15) is 44.1 Å². The van der Waals surface area contributed by atoms with Crippen LogP contribution in [0.4, 0.5) is 0 Å². The SMILES string of the molecule is CNC1CC(OCCCc2ccccc2)C12CCCC2. The Morgan fingerprint density at radius 1 is 1.20 bits per heavy atom. The third-order valence-electron chi connectivity index (χ3n) is 5.44. The van der Waals surface area contributed by atoms with Gasteiger partial charge in [-0.15, -0.1) is 0 Å². The van der Waals surface area contributed by atoms with Crippen LogP contribution in [-0.4, -0.2) is 25.8 Å². The Bertz CT molecular complexity index is 411. The Balaban J connectivity index is 1.43. The molecule has 0 heterocycles. The van der Waals surface area contributed by atoms with Gasteiger partial charge in [-0.05, 0) is 44.7 Å². The molecule has 2 heteroatoms. The fourth-order valence-electron chi connectivity index (χ4n) is 4.24. The van der Waals surface area contributed by atoms with Gasteiger partial charge in [0.25, 0.3) is 0 Å². The molecule has 2 atom stereocenters. The van der Waals surface area contributed by atoms with Crippen LogP contribution in [-0.2, 0) is 11.2 Å². The molecule has 1 aromatic rings. The van der Waals surface area contributed by atoms with Crippen molar-refractivity contribution in [1.29, 1.82) is 0 Å². The van der Waals surface area contributed by atoms with Gasteiger partial charge in [-0.25, -0.2) is 0 Å². The summed E-state index contributed by atoms with van der Waals surface area (Å²) in [5.74, 6) is 0. The normalized spacial score (nSPS) is 27.6. The predicted molar refractivity (Wildman–Crippen MR) is 82.9 cm³/mol. The number of ether oxygens (including phenoxy) is 1. The van der Waals surface area contributed by atoms with Crippen LogP contribution >= 0.6 is 0 Å². The highest BCUT2D eigenvalue weighted by Gasteiger charge is 2.55. The van der Waals surface area contributed by atoms with Crippen molar-refractivity contribution < 1.29 is 4.74 Å². The van der Waals surface area contributed by atoms with Crippen molar-refractivity contribution in [3.8, 4) is 0 Å². The van der Waals surface area contributed by atoms with Crippen molar-refractivity contribution in [2.24, 2.45) is 5.41 Å². The second-order valence-corrected chi connectivity index (χ2v) is 6.47. The lowest BCUT2D eigenvalue weighted by Crippen LogP contribution is -2.61. The summed E-state index contributed by atoms with van der Waals surface area (Å²) in [5, 5.41) is 3.50. The van der Waals surface area contributed by atoms with Crippen LogP contribution in [0.3, 0.4) is 0 Å². The topological polar surface area (TPSA) is 21.3 Å². The van der Waals surface area contributed by atoms with E-state index < -0.39 is 0 Å². The summed E-state index contributed by atoms with van der Waals surface area (Å²) < 4.78 is 6.23. The molecule has 20 heavy (non-hydrogen) atoms. The smallest absolute Gasteiger partial charge is 0.0661 e. The molecule has 0 amide bonds. The predicted octanol–water partition coefficient (Wildman–Crippen LogP) is 3.56. The lowest BCUT2D eigenvalue weighted by molar-refractivity contribution is -0.132. The monoisotopic (exact) mass is 273 g/mol. The maximum absolute atomic E-state index is 6.23. The van der Waals surface area contributed by atoms with Gasteiger partial charge >= 0.3 is 0 Å². The average Bonchev–Trinajstić information content (AvgIpc) is 2.99. The molecule has 1 spiro atoms. The summed E-state index contributed by atoms with van der Waals surface area (Å²) >= 11 is 0. The molecular formula is C18H27NO. The van der Waals surface area contributed by atoms with Gasteiger partial charge in [0, 0.05) is 18.1 Å². The van der Waals surface area contributed by atoms with Gasteiger partial charge in [-0.2, -0.15) is 0 Å². The number of rotatable bonds is 6. The van der Waals surface area contributed by atoms with Gasteiger partial charge in [-0.3, -0.25) is 0 Å². The third-order valence-corrected chi connectivity index (χ3v) is 5.44. The summed E-state index contributed by atoms with van der Waals surface area (Å²) in [6.07, 6.45) is 9.50. The maximum atomic E-state index is 6.23. The van der Waals surface area contributed by atoms with E-state index in [2.05, 4.69) is 42.7 Å². The Kier molecular flexibility index (Phi) is 4.42. The minimum Gasteiger partial charge on any atom is -0.378 e. The molecule has 0 aliphatic heterocycles. The number of nitrogens with one attached hydrogen (secondary N) is 1. The molecular weight excluding hydrogens is 246 g/mol. The molecule has 0 bridgehead atoms. The van der Waals surface area contributed by atoms with E-state index >= 15 is 0 Å². The highest BCUT2D eigenvalue weighted by atomic mass is 16.5. The zero-order valence-corrected chi connectivity index (χ0v) is 12.6. The molecule has 1 N–H and O–H groups in total. The summed E-state index contributed by atoms with van der Waals surface area (Å²) in [6.45, 7) is 0.914. The Hall–Kier alpha value is -0.860. The zero-order valence-electron chi connectivity index (χ0n) is 12.6. The van der Waals surface area contributed by atoms with Gasteiger partial charge < -0.3 is 10.1 Å². The van der Waals surface area contributed by atoms with E-state index in [4.69, 9.17) is 4.74 Å². The second kappa shape index (κ2) is 6.28. The molecule has 110 valence electrons. The molecule has 1 aromatic carbocycles. The first-order chi connectivity index (χ1) is 9.85. The number of benzene rings is 1. The Labute approximate surface area is 122 Å². The minimum atomic E-state index is 0.474. The molecule has 2 aliphatic carbocycles.